The number of amides is 1. The van der Waals surface area contributed by atoms with Crippen LogP contribution in [-0.4, -0.2) is 25.1 Å². The van der Waals surface area contributed by atoms with E-state index in [1.807, 2.05) is 6.07 Å². The van der Waals surface area contributed by atoms with Crippen LogP contribution in [0.5, 0.6) is 11.5 Å². The highest BCUT2D eigenvalue weighted by atomic mass is 35.5. The summed E-state index contributed by atoms with van der Waals surface area (Å²) in [6.07, 6.45) is 4.60. The predicted molar refractivity (Wildman–Crippen MR) is 86.5 cm³/mol. The van der Waals surface area contributed by atoms with Crippen molar-refractivity contribution in [1.82, 2.24) is 4.98 Å². The molecule has 0 spiro atoms. The van der Waals surface area contributed by atoms with Gasteiger partial charge in [-0.2, -0.15) is 0 Å². The minimum Gasteiger partial charge on any atom is -0.493 e. The van der Waals surface area contributed by atoms with Gasteiger partial charge in [-0.05, 0) is 35.9 Å². The van der Waals surface area contributed by atoms with E-state index in [2.05, 4.69) is 10.3 Å². The third-order valence-electron chi connectivity index (χ3n) is 2.83. The highest BCUT2D eigenvalue weighted by molar-refractivity contribution is 6.29. The maximum absolute atomic E-state index is 11.8. The zero-order chi connectivity index (χ0) is 15.9. The third-order valence-corrected chi connectivity index (χ3v) is 3.05. The molecule has 1 heterocycles. The average molecular weight is 319 g/mol. The van der Waals surface area contributed by atoms with E-state index in [0.717, 1.165) is 5.56 Å². The highest BCUT2D eigenvalue weighted by Crippen LogP contribution is 2.27. The smallest absolute Gasteiger partial charge is 0.248 e. The molecule has 22 heavy (non-hydrogen) atoms. The van der Waals surface area contributed by atoms with Gasteiger partial charge in [0.05, 0.1) is 26.1 Å². The van der Waals surface area contributed by atoms with Crippen molar-refractivity contribution >= 4 is 29.3 Å². The molecule has 0 aliphatic carbocycles. The lowest BCUT2D eigenvalue weighted by Crippen LogP contribution is -2.07. The summed E-state index contributed by atoms with van der Waals surface area (Å²) in [5.41, 5.74) is 1.40. The minimum absolute atomic E-state index is 0.265. The van der Waals surface area contributed by atoms with Gasteiger partial charge in [0, 0.05) is 6.08 Å². The Morgan fingerprint density at radius 1 is 1.18 bits per heavy atom. The van der Waals surface area contributed by atoms with Crippen LogP contribution < -0.4 is 14.8 Å². The maximum atomic E-state index is 11.8. The van der Waals surface area contributed by atoms with E-state index in [-0.39, 0.29) is 5.91 Å². The van der Waals surface area contributed by atoms with Crippen LogP contribution in [0.15, 0.2) is 42.6 Å². The van der Waals surface area contributed by atoms with Crippen molar-refractivity contribution in [2.24, 2.45) is 0 Å². The van der Waals surface area contributed by atoms with Crippen LogP contribution in [0.3, 0.4) is 0 Å². The van der Waals surface area contributed by atoms with Gasteiger partial charge in [0.1, 0.15) is 5.15 Å². The number of hydrogen-bond donors (Lipinski definition) is 1. The molecule has 2 aromatic rings. The molecule has 0 saturated carbocycles. The SMILES string of the molecule is COc1ccc(/C=C/C(=O)Nc2ccc(Cl)nc2)cc1OC. The fourth-order valence-electron chi connectivity index (χ4n) is 1.76. The zero-order valence-corrected chi connectivity index (χ0v) is 12.9. The lowest BCUT2D eigenvalue weighted by Gasteiger charge is -2.07. The summed E-state index contributed by atoms with van der Waals surface area (Å²) in [5, 5.41) is 3.06. The monoisotopic (exact) mass is 318 g/mol. The number of ether oxygens (including phenoxy) is 2. The molecule has 0 unspecified atom stereocenters. The van der Waals surface area contributed by atoms with Crippen molar-refractivity contribution < 1.29 is 14.3 Å². The number of anilines is 1. The number of aromatic nitrogens is 1. The quantitative estimate of drug-likeness (QED) is 0.678. The van der Waals surface area contributed by atoms with E-state index in [1.165, 1.54) is 12.3 Å². The van der Waals surface area contributed by atoms with Gasteiger partial charge in [-0.15, -0.1) is 0 Å². The first kappa shape index (κ1) is 15.9. The summed E-state index contributed by atoms with van der Waals surface area (Å²) >= 11 is 5.68. The van der Waals surface area contributed by atoms with Crippen LogP contribution in [0.2, 0.25) is 5.15 Å². The number of nitrogens with zero attached hydrogens (tertiary/aromatic N) is 1. The van der Waals surface area contributed by atoms with E-state index >= 15 is 0 Å². The van der Waals surface area contributed by atoms with Gasteiger partial charge < -0.3 is 14.8 Å². The van der Waals surface area contributed by atoms with Gasteiger partial charge in [-0.3, -0.25) is 4.79 Å². The first-order valence-electron chi connectivity index (χ1n) is 6.45. The van der Waals surface area contributed by atoms with Gasteiger partial charge >= 0.3 is 0 Å². The Morgan fingerprint density at radius 2 is 1.95 bits per heavy atom. The van der Waals surface area contributed by atoms with Crippen LogP contribution in [-0.2, 0) is 4.79 Å². The maximum Gasteiger partial charge on any atom is 0.248 e. The second kappa shape index (κ2) is 7.47. The summed E-state index contributed by atoms with van der Waals surface area (Å²) in [6.45, 7) is 0. The molecule has 1 aromatic carbocycles. The Bertz CT molecular complexity index is 684. The van der Waals surface area contributed by atoms with Crippen molar-refractivity contribution in [2.75, 3.05) is 19.5 Å². The normalized spacial score (nSPS) is 10.5. The van der Waals surface area contributed by atoms with E-state index < -0.39 is 0 Å². The summed E-state index contributed by atoms with van der Waals surface area (Å²) in [4.78, 5) is 15.7. The van der Waals surface area contributed by atoms with Crippen LogP contribution in [0, 0.1) is 0 Å². The summed E-state index contributed by atoms with van der Waals surface area (Å²) < 4.78 is 10.4. The number of methoxy groups -OCH3 is 2. The molecule has 1 N–H and O–H groups in total. The molecule has 0 fully saturated rings. The number of hydrogen-bond acceptors (Lipinski definition) is 4. The van der Waals surface area contributed by atoms with Gasteiger partial charge in [-0.25, -0.2) is 4.98 Å². The second-order valence-electron chi connectivity index (χ2n) is 4.31. The Labute approximate surface area is 133 Å². The van der Waals surface area contributed by atoms with Crippen molar-refractivity contribution in [1.29, 1.82) is 0 Å². The highest BCUT2D eigenvalue weighted by Gasteiger charge is 2.03. The standard InChI is InChI=1S/C16H15ClN2O3/c1-21-13-6-3-11(9-14(13)22-2)4-8-16(20)19-12-5-7-15(17)18-10-12/h3-10H,1-2H3,(H,19,20)/b8-4+. The molecular formula is C16H15ClN2O3. The van der Waals surface area contributed by atoms with Crippen molar-refractivity contribution in [3.05, 3.63) is 53.3 Å². The molecule has 1 aromatic heterocycles. The summed E-state index contributed by atoms with van der Waals surface area (Å²) in [7, 11) is 3.13. The zero-order valence-electron chi connectivity index (χ0n) is 12.2. The van der Waals surface area contributed by atoms with E-state index in [1.54, 1.807) is 44.6 Å². The molecule has 6 heteroatoms. The average Bonchev–Trinajstić information content (AvgIpc) is 2.54. The predicted octanol–water partition coefficient (Wildman–Crippen LogP) is 3.40. The number of carbonyl (C=O) groups excluding carboxylic acids is 1. The fourth-order valence-corrected chi connectivity index (χ4v) is 1.87. The number of pyridine rings is 1. The molecule has 0 saturated heterocycles. The van der Waals surface area contributed by atoms with Gasteiger partial charge in [-0.1, -0.05) is 17.7 Å². The lowest BCUT2D eigenvalue weighted by molar-refractivity contribution is -0.111. The third kappa shape index (κ3) is 4.23. The molecular weight excluding hydrogens is 304 g/mol. The Morgan fingerprint density at radius 3 is 2.59 bits per heavy atom. The van der Waals surface area contributed by atoms with Crippen molar-refractivity contribution in [2.45, 2.75) is 0 Å². The molecule has 5 nitrogen and oxygen atoms in total. The van der Waals surface area contributed by atoms with E-state index in [4.69, 9.17) is 21.1 Å². The van der Waals surface area contributed by atoms with Crippen LogP contribution in [0.1, 0.15) is 5.56 Å². The first-order chi connectivity index (χ1) is 10.6. The van der Waals surface area contributed by atoms with Crippen LogP contribution in [0.4, 0.5) is 5.69 Å². The molecule has 0 aliphatic heterocycles. The molecule has 0 bridgehead atoms. The largest absolute Gasteiger partial charge is 0.493 e. The summed E-state index contributed by atoms with van der Waals surface area (Å²) in [5.74, 6) is 0.974. The molecule has 0 aliphatic rings. The van der Waals surface area contributed by atoms with E-state index in [0.29, 0.717) is 22.3 Å². The Hall–Kier alpha value is -2.53. The number of halogens is 1. The molecule has 0 radical (unpaired) electrons. The molecule has 2 rings (SSSR count). The molecule has 0 atom stereocenters. The number of rotatable bonds is 5. The van der Waals surface area contributed by atoms with Gasteiger partial charge in [0.25, 0.3) is 0 Å². The molecule has 114 valence electrons. The number of nitrogens with one attached hydrogen (secondary N) is 1. The minimum atomic E-state index is -0.265. The number of carbonyl (C=O) groups is 1. The van der Waals surface area contributed by atoms with Crippen LogP contribution >= 0.6 is 11.6 Å². The number of benzene rings is 1. The lowest BCUT2D eigenvalue weighted by atomic mass is 10.2. The summed E-state index contributed by atoms with van der Waals surface area (Å²) in [6, 6.07) is 8.67. The second-order valence-corrected chi connectivity index (χ2v) is 4.69. The van der Waals surface area contributed by atoms with E-state index in [9.17, 15) is 4.79 Å². The Kier molecular flexibility index (Phi) is 5.38. The van der Waals surface area contributed by atoms with Crippen LogP contribution in [0.25, 0.3) is 6.08 Å². The molecule has 1 amide bonds. The topological polar surface area (TPSA) is 60.5 Å². The van der Waals surface area contributed by atoms with Gasteiger partial charge in [0.2, 0.25) is 5.91 Å². The Balaban J connectivity index is 2.04. The van der Waals surface area contributed by atoms with Crippen molar-refractivity contribution in [3.8, 4) is 11.5 Å². The van der Waals surface area contributed by atoms with Crippen molar-refractivity contribution in [3.63, 3.8) is 0 Å². The first-order valence-corrected chi connectivity index (χ1v) is 6.83. The fraction of sp³-hybridized carbons (Fsp3) is 0.125. The van der Waals surface area contributed by atoms with Gasteiger partial charge in [0.15, 0.2) is 11.5 Å².